The predicted molar refractivity (Wildman–Crippen MR) is 110 cm³/mol. The van der Waals surface area contributed by atoms with Crippen LogP contribution in [0.25, 0.3) is 11.3 Å². The van der Waals surface area contributed by atoms with Crippen molar-refractivity contribution in [3.63, 3.8) is 0 Å². The van der Waals surface area contributed by atoms with E-state index in [1.54, 1.807) is 18.2 Å². The highest BCUT2D eigenvalue weighted by molar-refractivity contribution is 6.04. The summed E-state index contributed by atoms with van der Waals surface area (Å²) < 4.78 is 11.4. The van der Waals surface area contributed by atoms with E-state index in [4.69, 9.17) is 14.3 Å². The third-order valence-corrected chi connectivity index (χ3v) is 4.58. The van der Waals surface area contributed by atoms with Gasteiger partial charge in [-0.1, -0.05) is 13.0 Å². The molecule has 0 spiro atoms. The molecule has 0 saturated heterocycles. The van der Waals surface area contributed by atoms with Gasteiger partial charge >= 0.3 is 0 Å². The van der Waals surface area contributed by atoms with Crippen molar-refractivity contribution in [2.75, 3.05) is 5.32 Å². The minimum Gasteiger partial charge on any atom is -0.491 e. The molecule has 0 radical (unpaired) electrons. The summed E-state index contributed by atoms with van der Waals surface area (Å²) in [6.07, 6.45) is 0.999. The molecule has 1 amide bonds. The van der Waals surface area contributed by atoms with Gasteiger partial charge in [0.05, 0.1) is 6.10 Å². The summed E-state index contributed by atoms with van der Waals surface area (Å²) in [6.45, 7) is 5.87. The first-order valence-electron chi connectivity index (χ1n) is 9.38. The van der Waals surface area contributed by atoms with Crippen molar-refractivity contribution < 1.29 is 19.1 Å². The summed E-state index contributed by atoms with van der Waals surface area (Å²) >= 11 is 0. The van der Waals surface area contributed by atoms with Crippen LogP contribution in [0.5, 0.6) is 5.75 Å². The van der Waals surface area contributed by atoms with Crippen molar-refractivity contribution >= 4 is 11.6 Å². The Morgan fingerprint density at radius 2 is 2.00 bits per heavy atom. The van der Waals surface area contributed by atoms with Crippen molar-refractivity contribution in [2.45, 2.75) is 39.9 Å². The Labute approximate surface area is 165 Å². The van der Waals surface area contributed by atoms with E-state index in [0.29, 0.717) is 28.5 Å². The highest BCUT2D eigenvalue weighted by Gasteiger charge is 2.11. The fraction of sp³-hybridized carbons (Fsp3) is 0.261. The zero-order chi connectivity index (χ0) is 20.1. The number of amides is 1. The average Bonchev–Trinajstić information content (AvgIpc) is 3.17. The second kappa shape index (κ2) is 8.76. The Morgan fingerprint density at radius 1 is 1.18 bits per heavy atom. The molecule has 0 bridgehead atoms. The Bertz CT molecular complexity index is 961. The Morgan fingerprint density at radius 3 is 2.68 bits per heavy atom. The normalized spacial score (nSPS) is 11.9. The van der Waals surface area contributed by atoms with Gasteiger partial charge in [-0.05, 0) is 74.4 Å². The lowest BCUT2D eigenvalue weighted by Crippen LogP contribution is -2.13. The van der Waals surface area contributed by atoms with Crippen LogP contribution < -0.4 is 10.1 Å². The van der Waals surface area contributed by atoms with E-state index < -0.39 is 0 Å². The molecule has 0 fully saturated rings. The SMILES string of the molecule is CC[C@@H](C)Oc1cccc(C(=O)Nc2ccc(-c3ccc(CO)o3)c(C)c2)c1. The van der Waals surface area contributed by atoms with Crippen LogP contribution in [0.15, 0.2) is 59.0 Å². The number of anilines is 1. The Balaban J connectivity index is 1.74. The lowest BCUT2D eigenvalue weighted by Gasteiger charge is -2.13. The number of ether oxygens (including phenoxy) is 1. The van der Waals surface area contributed by atoms with Crippen LogP contribution in [0.1, 0.15) is 41.9 Å². The molecular formula is C23H25NO4. The maximum atomic E-state index is 12.6. The number of furan rings is 1. The van der Waals surface area contributed by atoms with E-state index >= 15 is 0 Å². The molecule has 146 valence electrons. The number of aliphatic hydroxyl groups excluding tert-OH is 1. The number of hydrogen-bond acceptors (Lipinski definition) is 4. The minimum atomic E-state index is -0.192. The number of aryl methyl sites for hydroxylation is 1. The summed E-state index contributed by atoms with van der Waals surface area (Å²) in [6, 6.07) is 16.4. The van der Waals surface area contributed by atoms with Gasteiger partial charge in [-0.25, -0.2) is 0 Å². The summed E-state index contributed by atoms with van der Waals surface area (Å²) in [7, 11) is 0. The number of nitrogens with one attached hydrogen (secondary N) is 1. The number of aliphatic hydroxyl groups is 1. The lowest BCUT2D eigenvalue weighted by molar-refractivity contribution is 0.102. The van der Waals surface area contributed by atoms with E-state index in [1.165, 1.54) is 0 Å². The highest BCUT2D eigenvalue weighted by atomic mass is 16.5. The van der Waals surface area contributed by atoms with E-state index in [0.717, 1.165) is 17.5 Å². The summed E-state index contributed by atoms with van der Waals surface area (Å²) in [5.74, 6) is 1.70. The van der Waals surface area contributed by atoms with Gasteiger partial charge in [-0.15, -0.1) is 0 Å². The number of benzene rings is 2. The van der Waals surface area contributed by atoms with Crippen molar-refractivity contribution in [3.05, 3.63) is 71.5 Å². The fourth-order valence-electron chi connectivity index (χ4n) is 2.86. The molecular weight excluding hydrogens is 354 g/mol. The van der Waals surface area contributed by atoms with Gasteiger partial charge in [0, 0.05) is 16.8 Å². The zero-order valence-electron chi connectivity index (χ0n) is 16.4. The van der Waals surface area contributed by atoms with Gasteiger partial charge in [0.1, 0.15) is 23.9 Å². The number of carbonyl (C=O) groups excluding carboxylic acids is 1. The van der Waals surface area contributed by atoms with E-state index in [2.05, 4.69) is 12.2 Å². The molecule has 2 N–H and O–H groups in total. The maximum absolute atomic E-state index is 12.6. The predicted octanol–water partition coefficient (Wildman–Crippen LogP) is 5.18. The summed E-state index contributed by atoms with van der Waals surface area (Å²) in [5, 5.41) is 12.1. The molecule has 0 aliphatic rings. The van der Waals surface area contributed by atoms with Crippen LogP contribution in [0, 0.1) is 6.92 Å². The third kappa shape index (κ3) is 4.61. The maximum Gasteiger partial charge on any atom is 0.255 e. The van der Waals surface area contributed by atoms with Crippen LogP contribution >= 0.6 is 0 Å². The second-order valence-corrected chi connectivity index (χ2v) is 6.77. The highest BCUT2D eigenvalue weighted by Crippen LogP contribution is 2.28. The van der Waals surface area contributed by atoms with Gasteiger partial charge in [-0.3, -0.25) is 4.79 Å². The molecule has 5 heteroatoms. The number of rotatable bonds is 7. The molecule has 0 unspecified atom stereocenters. The first-order valence-corrected chi connectivity index (χ1v) is 9.38. The summed E-state index contributed by atoms with van der Waals surface area (Å²) in [4.78, 5) is 12.6. The number of carbonyl (C=O) groups is 1. The van der Waals surface area contributed by atoms with Gasteiger partial charge in [-0.2, -0.15) is 0 Å². The van der Waals surface area contributed by atoms with Gasteiger partial charge < -0.3 is 19.6 Å². The van der Waals surface area contributed by atoms with Crippen LogP contribution in [0.4, 0.5) is 5.69 Å². The molecule has 1 aromatic heterocycles. The monoisotopic (exact) mass is 379 g/mol. The van der Waals surface area contributed by atoms with Crippen molar-refractivity contribution in [1.29, 1.82) is 0 Å². The van der Waals surface area contributed by atoms with Crippen molar-refractivity contribution in [3.8, 4) is 17.1 Å². The lowest BCUT2D eigenvalue weighted by atomic mass is 10.1. The van der Waals surface area contributed by atoms with Gasteiger partial charge in [0.15, 0.2) is 0 Å². The fourth-order valence-corrected chi connectivity index (χ4v) is 2.86. The van der Waals surface area contributed by atoms with Gasteiger partial charge in [0.2, 0.25) is 0 Å². The topological polar surface area (TPSA) is 71.7 Å². The zero-order valence-corrected chi connectivity index (χ0v) is 16.4. The van der Waals surface area contributed by atoms with Crippen LogP contribution in [-0.2, 0) is 6.61 Å². The quantitative estimate of drug-likeness (QED) is 0.593. The molecule has 0 saturated carbocycles. The minimum absolute atomic E-state index is 0.0986. The average molecular weight is 379 g/mol. The van der Waals surface area contributed by atoms with Crippen molar-refractivity contribution in [2.24, 2.45) is 0 Å². The van der Waals surface area contributed by atoms with Crippen LogP contribution in [0.2, 0.25) is 0 Å². The van der Waals surface area contributed by atoms with E-state index in [-0.39, 0.29) is 18.6 Å². The molecule has 0 aliphatic carbocycles. The molecule has 2 aromatic carbocycles. The van der Waals surface area contributed by atoms with Crippen molar-refractivity contribution in [1.82, 2.24) is 0 Å². The van der Waals surface area contributed by atoms with Crippen LogP contribution in [-0.4, -0.2) is 17.1 Å². The molecule has 1 heterocycles. The standard InChI is InChI=1S/C23H25NO4/c1-4-16(3)27-19-7-5-6-17(13-19)23(26)24-18-8-10-21(15(2)12-18)22-11-9-20(14-25)28-22/h5-13,16,25H,4,14H2,1-3H3,(H,24,26)/t16-/m1/s1. The van der Waals surface area contributed by atoms with Crippen LogP contribution in [0.3, 0.4) is 0 Å². The van der Waals surface area contributed by atoms with E-state index in [1.807, 2.05) is 50.2 Å². The largest absolute Gasteiger partial charge is 0.491 e. The Kier molecular flexibility index (Phi) is 6.16. The smallest absolute Gasteiger partial charge is 0.255 e. The first-order chi connectivity index (χ1) is 13.5. The third-order valence-electron chi connectivity index (χ3n) is 4.58. The Hall–Kier alpha value is -3.05. The molecule has 0 aliphatic heterocycles. The molecule has 5 nitrogen and oxygen atoms in total. The molecule has 1 atom stereocenters. The molecule has 3 aromatic rings. The number of hydrogen-bond donors (Lipinski definition) is 2. The summed E-state index contributed by atoms with van der Waals surface area (Å²) in [5.41, 5.74) is 3.13. The van der Waals surface area contributed by atoms with E-state index in [9.17, 15) is 4.79 Å². The second-order valence-electron chi connectivity index (χ2n) is 6.77. The first kappa shape index (κ1) is 19.7. The van der Waals surface area contributed by atoms with Gasteiger partial charge in [0.25, 0.3) is 5.91 Å². The molecule has 28 heavy (non-hydrogen) atoms. The molecule has 3 rings (SSSR count).